The summed E-state index contributed by atoms with van der Waals surface area (Å²) in [5.41, 5.74) is 0.388. The first kappa shape index (κ1) is 34.8. The first-order chi connectivity index (χ1) is 24.7. The highest BCUT2D eigenvalue weighted by Gasteiger charge is 2.46. The SMILES string of the molecule is O=C1C[C@H](c2ccc(O)c(O)c2)Oc2c1c(O)cc(O)c2[C@H]1C[C@@H](c2ccc(O)c(O)c2)Oc2cc(O)cc(O[C@@H]3O[C@H](CO)[C@@H](O)[C@@H](O)[C@@H]3O)c21. The first-order valence-corrected chi connectivity index (χ1v) is 16.1. The van der Waals surface area contributed by atoms with Gasteiger partial charge in [0.1, 0.15) is 76.7 Å². The number of rotatable bonds is 6. The van der Waals surface area contributed by atoms with E-state index in [9.17, 15) is 61.0 Å². The number of benzene rings is 4. The average Bonchev–Trinajstić information content (AvgIpc) is 3.10. The Balaban J connectivity index is 1.40. The Kier molecular flexibility index (Phi) is 8.80. The van der Waals surface area contributed by atoms with Gasteiger partial charge in [0.25, 0.3) is 0 Å². The summed E-state index contributed by atoms with van der Waals surface area (Å²) in [7, 11) is 0. The van der Waals surface area contributed by atoms with Crippen molar-refractivity contribution in [3.05, 3.63) is 82.4 Å². The van der Waals surface area contributed by atoms with Crippen LogP contribution in [0.15, 0.2) is 54.6 Å². The molecule has 16 heteroatoms. The van der Waals surface area contributed by atoms with Crippen molar-refractivity contribution in [3.8, 4) is 57.5 Å². The molecule has 3 aliphatic rings. The van der Waals surface area contributed by atoms with Gasteiger partial charge < -0.3 is 75.1 Å². The standard InChI is InChI=1S/C36H34O16/c37-12-28-32(46)33(47)34(48)36(52-28)51-27-8-15(38)7-26-30(27)16(9-24(49-26)13-1-3-17(39)19(41)5-13)29-21(43)10-22(44)31-23(45)11-25(50-35(29)31)14-2-4-18(40)20(42)6-14/h1-8,10,16,24-25,28,32-34,36-44,46-48H,9,11-12H2/t16-,24+,25-,28-,32-,33-,34+,36-/m1/s1. The fraction of sp³-hybridized carbons (Fsp3) is 0.306. The van der Waals surface area contributed by atoms with Crippen molar-refractivity contribution < 1.29 is 79.9 Å². The van der Waals surface area contributed by atoms with Gasteiger partial charge in [0.05, 0.1) is 13.0 Å². The molecule has 0 unspecified atom stereocenters. The van der Waals surface area contributed by atoms with Crippen molar-refractivity contribution in [1.29, 1.82) is 0 Å². The zero-order valence-electron chi connectivity index (χ0n) is 26.9. The minimum Gasteiger partial charge on any atom is -0.508 e. The summed E-state index contributed by atoms with van der Waals surface area (Å²) in [6.07, 6.45) is -10.9. The minimum absolute atomic E-state index is 0.0585. The predicted octanol–water partition coefficient (Wildman–Crippen LogP) is 2.17. The van der Waals surface area contributed by atoms with Crippen molar-refractivity contribution in [2.24, 2.45) is 0 Å². The molecule has 0 radical (unpaired) electrons. The molecule has 7 rings (SSSR count). The number of hydrogen-bond acceptors (Lipinski definition) is 16. The summed E-state index contributed by atoms with van der Waals surface area (Å²) < 4.78 is 24.1. The quantitative estimate of drug-likeness (QED) is 0.127. The molecule has 3 aliphatic heterocycles. The van der Waals surface area contributed by atoms with E-state index in [0.717, 1.165) is 12.1 Å². The van der Waals surface area contributed by atoms with E-state index < -0.39 is 101 Å². The summed E-state index contributed by atoms with van der Waals surface area (Å²) in [5, 5.41) is 115. The zero-order chi connectivity index (χ0) is 37.2. The van der Waals surface area contributed by atoms with Gasteiger partial charge in [-0.05, 0) is 35.4 Å². The number of ketones is 1. The van der Waals surface area contributed by atoms with Crippen LogP contribution in [-0.2, 0) is 4.74 Å². The highest BCUT2D eigenvalue weighted by atomic mass is 16.7. The van der Waals surface area contributed by atoms with Crippen LogP contribution in [-0.4, -0.2) is 99.3 Å². The number of aromatic hydroxyl groups is 7. The monoisotopic (exact) mass is 722 g/mol. The number of ether oxygens (including phenoxy) is 4. The molecule has 52 heavy (non-hydrogen) atoms. The third-order valence-corrected chi connectivity index (χ3v) is 9.53. The zero-order valence-corrected chi connectivity index (χ0v) is 26.9. The van der Waals surface area contributed by atoms with Crippen LogP contribution in [0.4, 0.5) is 0 Å². The average molecular weight is 723 g/mol. The largest absolute Gasteiger partial charge is 0.508 e. The van der Waals surface area contributed by atoms with Gasteiger partial charge in [-0.25, -0.2) is 0 Å². The number of phenols is 7. The van der Waals surface area contributed by atoms with E-state index in [4.69, 9.17) is 18.9 Å². The number of Topliss-reactive ketones (excluding diaryl/α,β-unsaturated/α-hetero) is 1. The lowest BCUT2D eigenvalue weighted by Crippen LogP contribution is -2.60. The third-order valence-electron chi connectivity index (χ3n) is 9.53. The van der Waals surface area contributed by atoms with Crippen molar-refractivity contribution >= 4 is 5.78 Å². The highest BCUT2D eigenvalue weighted by Crippen LogP contribution is 2.57. The molecule has 1 fully saturated rings. The normalized spacial score (nSPS) is 26.8. The molecule has 0 aliphatic carbocycles. The molecule has 11 N–H and O–H groups in total. The highest BCUT2D eigenvalue weighted by molar-refractivity contribution is 6.03. The lowest BCUT2D eigenvalue weighted by atomic mass is 9.79. The van der Waals surface area contributed by atoms with Crippen LogP contribution in [0, 0.1) is 0 Å². The van der Waals surface area contributed by atoms with Crippen LogP contribution in [0.5, 0.6) is 57.5 Å². The summed E-state index contributed by atoms with van der Waals surface area (Å²) in [4.78, 5) is 13.6. The Bertz CT molecular complexity index is 2050. The fourth-order valence-electron chi connectivity index (χ4n) is 6.91. The smallest absolute Gasteiger partial charge is 0.229 e. The molecule has 16 nitrogen and oxygen atoms in total. The lowest BCUT2D eigenvalue weighted by Gasteiger charge is -2.41. The Morgan fingerprint density at radius 3 is 1.96 bits per heavy atom. The Morgan fingerprint density at radius 2 is 1.33 bits per heavy atom. The number of carbonyl (C=O) groups excluding carboxylic acids is 1. The fourth-order valence-corrected chi connectivity index (χ4v) is 6.91. The van der Waals surface area contributed by atoms with Gasteiger partial charge in [0.2, 0.25) is 6.29 Å². The van der Waals surface area contributed by atoms with Gasteiger partial charge >= 0.3 is 0 Å². The van der Waals surface area contributed by atoms with E-state index in [1.165, 1.54) is 42.5 Å². The molecule has 4 aromatic rings. The summed E-state index contributed by atoms with van der Waals surface area (Å²) in [6, 6.07) is 11.1. The van der Waals surface area contributed by atoms with E-state index in [0.29, 0.717) is 5.56 Å². The second kappa shape index (κ2) is 13.2. The van der Waals surface area contributed by atoms with Crippen LogP contribution < -0.4 is 14.2 Å². The van der Waals surface area contributed by atoms with Crippen LogP contribution in [0.25, 0.3) is 0 Å². The maximum Gasteiger partial charge on any atom is 0.229 e. The molecule has 3 heterocycles. The first-order valence-electron chi connectivity index (χ1n) is 16.1. The molecule has 0 spiro atoms. The topological polar surface area (TPSA) is 277 Å². The van der Waals surface area contributed by atoms with Gasteiger partial charge in [-0.15, -0.1) is 0 Å². The number of aliphatic hydroxyl groups excluding tert-OH is 4. The molecule has 0 amide bonds. The number of phenolic OH excluding ortho intramolecular Hbond substituents is 7. The summed E-state index contributed by atoms with van der Waals surface area (Å²) >= 11 is 0. The maximum atomic E-state index is 13.6. The molecule has 0 aromatic heterocycles. The molecule has 8 atom stereocenters. The number of aliphatic hydroxyl groups is 4. The maximum absolute atomic E-state index is 13.6. The van der Waals surface area contributed by atoms with Gasteiger partial charge in [0.15, 0.2) is 28.8 Å². The number of carbonyl (C=O) groups is 1. The van der Waals surface area contributed by atoms with Gasteiger partial charge in [-0.1, -0.05) is 12.1 Å². The Hall–Kier alpha value is -5.65. The molecular weight excluding hydrogens is 688 g/mol. The van der Waals surface area contributed by atoms with E-state index in [-0.39, 0.29) is 52.3 Å². The molecule has 0 bridgehead atoms. The lowest BCUT2D eigenvalue weighted by molar-refractivity contribution is -0.277. The van der Waals surface area contributed by atoms with Crippen LogP contribution in [0.2, 0.25) is 0 Å². The van der Waals surface area contributed by atoms with Crippen molar-refractivity contribution in [2.75, 3.05) is 6.61 Å². The molecule has 4 aromatic carbocycles. The predicted molar refractivity (Wildman–Crippen MR) is 174 cm³/mol. The Labute approximate surface area is 293 Å². The molecule has 1 saturated heterocycles. The number of fused-ring (bicyclic) bond motifs is 2. The van der Waals surface area contributed by atoms with Crippen LogP contribution in [0.3, 0.4) is 0 Å². The number of hydrogen-bond donors (Lipinski definition) is 11. The van der Waals surface area contributed by atoms with E-state index >= 15 is 0 Å². The van der Waals surface area contributed by atoms with Gasteiger partial charge in [0, 0.05) is 41.7 Å². The van der Waals surface area contributed by atoms with Crippen molar-refractivity contribution in [2.45, 2.75) is 61.7 Å². The molecular formula is C36H34O16. The third kappa shape index (κ3) is 5.95. The van der Waals surface area contributed by atoms with Crippen LogP contribution in [0.1, 0.15) is 63.6 Å². The van der Waals surface area contributed by atoms with Crippen molar-refractivity contribution in [1.82, 2.24) is 0 Å². The van der Waals surface area contributed by atoms with Crippen LogP contribution >= 0.6 is 0 Å². The van der Waals surface area contributed by atoms with E-state index in [1.54, 1.807) is 0 Å². The Morgan fingerprint density at radius 1 is 0.673 bits per heavy atom. The second-order valence-electron chi connectivity index (χ2n) is 12.8. The van der Waals surface area contributed by atoms with E-state index in [1.807, 2.05) is 0 Å². The molecule has 0 saturated carbocycles. The molecule has 274 valence electrons. The summed E-state index contributed by atoms with van der Waals surface area (Å²) in [5.74, 6) is -5.56. The second-order valence-corrected chi connectivity index (χ2v) is 12.8. The van der Waals surface area contributed by atoms with E-state index in [2.05, 4.69) is 0 Å². The summed E-state index contributed by atoms with van der Waals surface area (Å²) in [6.45, 7) is -0.755. The van der Waals surface area contributed by atoms with Crippen molar-refractivity contribution in [3.63, 3.8) is 0 Å². The van der Waals surface area contributed by atoms with Gasteiger partial charge in [-0.3, -0.25) is 4.79 Å². The van der Waals surface area contributed by atoms with Gasteiger partial charge in [-0.2, -0.15) is 0 Å². The minimum atomic E-state index is -1.86.